The van der Waals surface area contributed by atoms with E-state index < -0.39 is 0 Å². The highest BCUT2D eigenvalue weighted by atomic mass is 79.9. The molecule has 5 heteroatoms. The first kappa shape index (κ1) is 12.3. The molecule has 0 bridgehead atoms. The van der Waals surface area contributed by atoms with Gasteiger partial charge < -0.3 is 9.47 Å². The topological polar surface area (TPSA) is 38.8 Å². The van der Waals surface area contributed by atoms with E-state index in [1.807, 2.05) is 0 Å². The fraction of sp³-hybridized carbons (Fsp3) is 0.909. The van der Waals surface area contributed by atoms with Crippen molar-refractivity contribution in [2.75, 3.05) is 26.8 Å². The minimum absolute atomic E-state index is 0.193. The van der Waals surface area contributed by atoms with Crippen molar-refractivity contribution in [1.82, 2.24) is 4.90 Å². The summed E-state index contributed by atoms with van der Waals surface area (Å²) < 4.78 is 10.4. The fourth-order valence-electron chi connectivity index (χ4n) is 2.64. The Morgan fingerprint density at radius 1 is 1.62 bits per heavy atom. The van der Waals surface area contributed by atoms with Crippen molar-refractivity contribution in [3.63, 3.8) is 0 Å². The van der Waals surface area contributed by atoms with Crippen LogP contribution in [0.25, 0.3) is 0 Å². The molecule has 2 rings (SSSR count). The first-order valence-electron chi connectivity index (χ1n) is 5.80. The van der Waals surface area contributed by atoms with Gasteiger partial charge in [0.25, 0.3) is 0 Å². The van der Waals surface area contributed by atoms with Gasteiger partial charge in [0, 0.05) is 19.1 Å². The third-order valence-electron chi connectivity index (χ3n) is 3.45. The number of rotatable bonds is 3. The minimum atomic E-state index is -0.225. The molecular formula is C11H18BrNO3. The van der Waals surface area contributed by atoms with Crippen LogP contribution in [0.4, 0.5) is 0 Å². The lowest BCUT2D eigenvalue weighted by Crippen LogP contribution is -2.51. The number of carbonyl (C=O) groups excluding carboxylic acids is 1. The second-order valence-electron chi connectivity index (χ2n) is 4.39. The number of fused-ring (bicyclic) bond motifs is 1. The molecule has 4 nitrogen and oxygen atoms in total. The number of hydrogen-bond donors (Lipinski definition) is 0. The zero-order valence-electron chi connectivity index (χ0n) is 9.52. The molecule has 1 aliphatic carbocycles. The third kappa shape index (κ3) is 2.57. The van der Waals surface area contributed by atoms with Crippen LogP contribution in [-0.4, -0.2) is 54.6 Å². The van der Waals surface area contributed by atoms with Crippen LogP contribution in [0, 0.1) is 0 Å². The van der Waals surface area contributed by atoms with E-state index in [9.17, 15) is 4.79 Å². The van der Waals surface area contributed by atoms with Crippen LogP contribution in [0.2, 0.25) is 0 Å². The molecule has 0 aromatic heterocycles. The zero-order chi connectivity index (χ0) is 11.5. The van der Waals surface area contributed by atoms with E-state index >= 15 is 0 Å². The van der Waals surface area contributed by atoms with Gasteiger partial charge in [0.2, 0.25) is 0 Å². The second kappa shape index (κ2) is 5.47. The number of esters is 1. The summed E-state index contributed by atoms with van der Waals surface area (Å²) in [5.41, 5.74) is 0. The quantitative estimate of drug-likeness (QED) is 0.578. The van der Waals surface area contributed by atoms with Crippen LogP contribution in [0.3, 0.4) is 0 Å². The molecular weight excluding hydrogens is 274 g/mol. The summed E-state index contributed by atoms with van der Waals surface area (Å²) in [4.78, 5) is 13.5. The lowest BCUT2D eigenvalue weighted by molar-refractivity contribution is -0.141. The molecule has 2 aliphatic rings. The first-order valence-corrected chi connectivity index (χ1v) is 6.71. The van der Waals surface area contributed by atoms with Gasteiger partial charge in [-0.25, -0.2) is 0 Å². The molecule has 0 amide bonds. The smallest absolute Gasteiger partial charge is 0.320 e. The van der Waals surface area contributed by atoms with E-state index in [-0.39, 0.29) is 10.8 Å². The molecule has 0 spiro atoms. The summed E-state index contributed by atoms with van der Waals surface area (Å²) in [7, 11) is 1.42. The summed E-state index contributed by atoms with van der Waals surface area (Å²) >= 11 is 3.38. The molecule has 92 valence electrons. The fourth-order valence-corrected chi connectivity index (χ4v) is 3.20. The van der Waals surface area contributed by atoms with Crippen LogP contribution in [0.1, 0.15) is 19.3 Å². The molecule has 0 radical (unpaired) electrons. The molecule has 1 aliphatic heterocycles. The molecule has 1 saturated carbocycles. The largest absolute Gasteiger partial charge is 0.468 e. The highest BCUT2D eigenvalue weighted by molar-refractivity contribution is 9.10. The second-order valence-corrected chi connectivity index (χ2v) is 5.50. The predicted octanol–water partition coefficient (Wildman–Crippen LogP) is 1.18. The van der Waals surface area contributed by atoms with Gasteiger partial charge in [0.15, 0.2) is 0 Å². The van der Waals surface area contributed by atoms with Gasteiger partial charge in [0.05, 0.1) is 19.8 Å². The van der Waals surface area contributed by atoms with Crippen molar-refractivity contribution < 1.29 is 14.3 Å². The summed E-state index contributed by atoms with van der Waals surface area (Å²) in [6.45, 7) is 2.42. The molecule has 1 saturated heterocycles. The highest BCUT2D eigenvalue weighted by Gasteiger charge is 2.37. The van der Waals surface area contributed by atoms with Crippen LogP contribution in [0.15, 0.2) is 0 Å². The van der Waals surface area contributed by atoms with Crippen molar-refractivity contribution in [3.05, 3.63) is 0 Å². The summed E-state index contributed by atoms with van der Waals surface area (Å²) in [5, 5.41) is 0. The number of methoxy groups -OCH3 is 1. The Bertz CT molecular complexity index is 262. The molecule has 0 N–H and O–H groups in total. The Morgan fingerprint density at radius 2 is 2.44 bits per heavy atom. The van der Waals surface area contributed by atoms with Gasteiger partial charge in [-0.05, 0) is 19.3 Å². The standard InChI is InChI=1S/C11H18BrNO3/c1-15-11(14)8(12)7-13-5-6-16-10-4-2-3-9(10)13/h8-10H,2-7H2,1H3. The molecule has 0 aromatic carbocycles. The highest BCUT2D eigenvalue weighted by Crippen LogP contribution is 2.30. The van der Waals surface area contributed by atoms with Crippen LogP contribution >= 0.6 is 15.9 Å². The monoisotopic (exact) mass is 291 g/mol. The van der Waals surface area contributed by atoms with E-state index in [0.29, 0.717) is 12.1 Å². The van der Waals surface area contributed by atoms with Crippen LogP contribution in [-0.2, 0) is 14.3 Å². The SMILES string of the molecule is COC(=O)C(Br)CN1CCOC2CCCC21. The van der Waals surface area contributed by atoms with Crippen molar-refractivity contribution in [3.8, 4) is 0 Å². The molecule has 0 aromatic rings. The van der Waals surface area contributed by atoms with Gasteiger partial charge in [0.1, 0.15) is 4.83 Å². The Balaban J connectivity index is 1.90. The molecule has 3 atom stereocenters. The van der Waals surface area contributed by atoms with Gasteiger partial charge >= 0.3 is 5.97 Å². The molecule has 2 fully saturated rings. The minimum Gasteiger partial charge on any atom is -0.468 e. The number of hydrogen-bond acceptors (Lipinski definition) is 4. The Labute approximate surface area is 104 Å². The van der Waals surface area contributed by atoms with Gasteiger partial charge in [-0.1, -0.05) is 15.9 Å². The van der Waals surface area contributed by atoms with Gasteiger partial charge in [-0.3, -0.25) is 9.69 Å². The Morgan fingerprint density at radius 3 is 3.19 bits per heavy atom. The van der Waals surface area contributed by atoms with Crippen molar-refractivity contribution in [1.29, 1.82) is 0 Å². The lowest BCUT2D eigenvalue weighted by atomic mass is 10.1. The predicted molar refractivity (Wildman–Crippen MR) is 63.7 cm³/mol. The molecule has 1 heterocycles. The maximum absolute atomic E-state index is 11.4. The lowest BCUT2D eigenvalue weighted by Gasteiger charge is -2.38. The summed E-state index contributed by atoms with van der Waals surface area (Å²) in [5.74, 6) is -0.193. The number of ether oxygens (including phenoxy) is 2. The van der Waals surface area contributed by atoms with Crippen LogP contribution < -0.4 is 0 Å². The third-order valence-corrected chi connectivity index (χ3v) is 4.11. The zero-order valence-corrected chi connectivity index (χ0v) is 11.1. The Hall–Kier alpha value is -0.130. The van der Waals surface area contributed by atoms with E-state index in [1.54, 1.807) is 0 Å². The number of carbonyl (C=O) groups is 1. The van der Waals surface area contributed by atoms with E-state index in [4.69, 9.17) is 9.47 Å². The number of morpholine rings is 1. The van der Waals surface area contributed by atoms with Crippen molar-refractivity contribution >= 4 is 21.9 Å². The Kier molecular flexibility index (Phi) is 4.21. The number of halogens is 1. The average Bonchev–Trinajstić information content (AvgIpc) is 2.77. The van der Waals surface area contributed by atoms with E-state index in [1.165, 1.54) is 20.0 Å². The summed E-state index contributed by atoms with van der Waals surface area (Å²) in [6, 6.07) is 0.499. The number of nitrogens with zero attached hydrogens (tertiary/aromatic N) is 1. The van der Waals surface area contributed by atoms with E-state index in [0.717, 1.165) is 26.1 Å². The van der Waals surface area contributed by atoms with Crippen molar-refractivity contribution in [2.45, 2.75) is 36.2 Å². The van der Waals surface area contributed by atoms with E-state index in [2.05, 4.69) is 20.8 Å². The molecule has 3 unspecified atom stereocenters. The van der Waals surface area contributed by atoms with Crippen LogP contribution in [0.5, 0.6) is 0 Å². The average molecular weight is 292 g/mol. The first-order chi connectivity index (χ1) is 7.72. The number of alkyl halides is 1. The normalized spacial score (nSPS) is 32.1. The maximum Gasteiger partial charge on any atom is 0.320 e. The van der Waals surface area contributed by atoms with Gasteiger partial charge in [-0.15, -0.1) is 0 Å². The maximum atomic E-state index is 11.4. The summed E-state index contributed by atoms with van der Waals surface area (Å²) in [6.07, 6.45) is 3.96. The molecule has 16 heavy (non-hydrogen) atoms. The van der Waals surface area contributed by atoms with Gasteiger partial charge in [-0.2, -0.15) is 0 Å². The van der Waals surface area contributed by atoms with Crippen molar-refractivity contribution in [2.24, 2.45) is 0 Å².